The Morgan fingerprint density at radius 1 is 1.07 bits per heavy atom. The molecule has 4 aromatic rings. The number of H-pyrrole nitrogens is 1. The summed E-state index contributed by atoms with van der Waals surface area (Å²) in [5.74, 6) is 0.452. The number of hydrogen-bond donors (Lipinski definition) is 3. The topological polar surface area (TPSA) is 95.6 Å². The molecule has 1 amide bonds. The second kappa shape index (κ2) is 7.25. The van der Waals surface area contributed by atoms with Gasteiger partial charge in [0.15, 0.2) is 0 Å². The van der Waals surface area contributed by atoms with Crippen LogP contribution in [0.25, 0.3) is 22.3 Å². The maximum absolute atomic E-state index is 11.6. The number of benzene rings is 2. The van der Waals surface area contributed by atoms with Crippen molar-refractivity contribution in [2.45, 2.75) is 13.3 Å². The SMILES string of the molecule is CCC(=O)Nc1cccc(Nc2nccc(-c3ccc4[nH]cnc4c3)n2)c1. The summed E-state index contributed by atoms with van der Waals surface area (Å²) in [7, 11) is 0. The van der Waals surface area contributed by atoms with Crippen molar-refractivity contribution >= 4 is 34.3 Å². The van der Waals surface area contributed by atoms with Crippen LogP contribution in [0.1, 0.15) is 13.3 Å². The van der Waals surface area contributed by atoms with E-state index in [1.54, 1.807) is 12.5 Å². The second-order valence-electron chi connectivity index (χ2n) is 6.01. The zero-order chi connectivity index (χ0) is 18.6. The van der Waals surface area contributed by atoms with Gasteiger partial charge in [0.2, 0.25) is 11.9 Å². The van der Waals surface area contributed by atoms with Gasteiger partial charge < -0.3 is 15.6 Å². The number of fused-ring (bicyclic) bond motifs is 1. The van der Waals surface area contributed by atoms with E-state index in [0.29, 0.717) is 12.4 Å². The molecule has 3 N–H and O–H groups in total. The molecule has 0 aliphatic carbocycles. The van der Waals surface area contributed by atoms with Crippen molar-refractivity contribution in [3.05, 3.63) is 61.1 Å². The van der Waals surface area contributed by atoms with E-state index in [9.17, 15) is 4.79 Å². The molecule has 0 radical (unpaired) electrons. The molecule has 7 heteroatoms. The molecule has 134 valence electrons. The lowest BCUT2D eigenvalue weighted by atomic mass is 10.1. The maximum atomic E-state index is 11.6. The Bertz CT molecular complexity index is 1100. The third kappa shape index (κ3) is 3.77. The summed E-state index contributed by atoms with van der Waals surface area (Å²) < 4.78 is 0. The molecule has 0 unspecified atom stereocenters. The first-order valence-corrected chi connectivity index (χ1v) is 8.65. The molecule has 0 spiro atoms. The van der Waals surface area contributed by atoms with Crippen LogP contribution in [-0.2, 0) is 4.79 Å². The quantitative estimate of drug-likeness (QED) is 0.499. The van der Waals surface area contributed by atoms with Crippen LogP contribution < -0.4 is 10.6 Å². The van der Waals surface area contributed by atoms with Crippen LogP contribution in [0.3, 0.4) is 0 Å². The maximum Gasteiger partial charge on any atom is 0.227 e. The van der Waals surface area contributed by atoms with Crippen LogP contribution in [-0.4, -0.2) is 25.8 Å². The minimum Gasteiger partial charge on any atom is -0.345 e. The zero-order valence-corrected chi connectivity index (χ0v) is 14.7. The minimum absolute atomic E-state index is 0.0286. The summed E-state index contributed by atoms with van der Waals surface area (Å²) in [6, 6.07) is 15.3. The molecule has 4 rings (SSSR count). The highest BCUT2D eigenvalue weighted by atomic mass is 16.1. The van der Waals surface area contributed by atoms with Crippen LogP contribution >= 0.6 is 0 Å². The molecular formula is C20H18N6O. The van der Waals surface area contributed by atoms with Crippen molar-refractivity contribution in [2.24, 2.45) is 0 Å². The molecular weight excluding hydrogens is 340 g/mol. The van der Waals surface area contributed by atoms with Gasteiger partial charge in [0, 0.05) is 29.6 Å². The first-order valence-electron chi connectivity index (χ1n) is 8.65. The normalized spacial score (nSPS) is 10.7. The van der Waals surface area contributed by atoms with Crippen LogP contribution in [0, 0.1) is 0 Å². The molecule has 2 aromatic carbocycles. The van der Waals surface area contributed by atoms with Gasteiger partial charge in [0.1, 0.15) is 0 Å². The highest BCUT2D eigenvalue weighted by Crippen LogP contribution is 2.23. The van der Waals surface area contributed by atoms with Crippen molar-refractivity contribution in [1.82, 2.24) is 19.9 Å². The van der Waals surface area contributed by atoms with Gasteiger partial charge in [-0.05, 0) is 36.4 Å². The Morgan fingerprint density at radius 3 is 2.85 bits per heavy atom. The third-order valence-electron chi connectivity index (χ3n) is 4.10. The lowest BCUT2D eigenvalue weighted by molar-refractivity contribution is -0.115. The van der Waals surface area contributed by atoms with Crippen LogP contribution in [0.15, 0.2) is 61.1 Å². The average Bonchev–Trinajstić information content (AvgIpc) is 3.16. The fourth-order valence-electron chi connectivity index (χ4n) is 2.72. The van der Waals surface area contributed by atoms with Crippen LogP contribution in [0.4, 0.5) is 17.3 Å². The first kappa shape index (κ1) is 16.7. The van der Waals surface area contributed by atoms with Gasteiger partial charge in [-0.15, -0.1) is 0 Å². The Labute approximate surface area is 155 Å². The Kier molecular flexibility index (Phi) is 4.49. The van der Waals surface area contributed by atoms with E-state index >= 15 is 0 Å². The van der Waals surface area contributed by atoms with Crippen molar-refractivity contribution in [2.75, 3.05) is 10.6 Å². The van der Waals surface area contributed by atoms with Crippen LogP contribution in [0.2, 0.25) is 0 Å². The Hall–Kier alpha value is -3.74. The van der Waals surface area contributed by atoms with E-state index < -0.39 is 0 Å². The van der Waals surface area contributed by atoms with E-state index in [1.165, 1.54) is 0 Å². The van der Waals surface area contributed by atoms with Gasteiger partial charge in [-0.25, -0.2) is 15.0 Å². The molecule has 0 bridgehead atoms. The zero-order valence-electron chi connectivity index (χ0n) is 14.7. The van der Waals surface area contributed by atoms with E-state index in [-0.39, 0.29) is 5.91 Å². The number of carbonyl (C=O) groups excluding carboxylic acids is 1. The van der Waals surface area contributed by atoms with Crippen molar-refractivity contribution in [3.63, 3.8) is 0 Å². The van der Waals surface area contributed by atoms with Gasteiger partial charge in [0.25, 0.3) is 0 Å². The molecule has 0 atom stereocenters. The first-order chi connectivity index (χ1) is 13.2. The number of carbonyl (C=O) groups is 1. The fourth-order valence-corrected chi connectivity index (χ4v) is 2.72. The summed E-state index contributed by atoms with van der Waals surface area (Å²) in [5.41, 5.74) is 5.16. The fraction of sp³-hybridized carbons (Fsp3) is 0.100. The number of nitrogens with one attached hydrogen (secondary N) is 3. The molecule has 7 nitrogen and oxygen atoms in total. The van der Waals surface area contributed by atoms with Crippen molar-refractivity contribution in [1.29, 1.82) is 0 Å². The number of imidazole rings is 1. The Morgan fingerprint density at radius 2 is 1.96 bits per heavy atom. The third-order valence-corrected chi connectivity index (χ3v) is 4.10. The van der Waals surface area contributed by atoms with Gasteiger partial charge >= 0.3 is 0 Å². The van der Waals surface area contributed by atoms with E-state index in [4.69, 9.17) is 0 Å². The summed E-state index contributed by atoms with van der Waals surface area (Å²) >= 11 is 0. The number of anilines is 3. The van der Waals surface area contributed by atoms with E-state index in [0.717, 1.165) is 33.7 Å². The van der Waals surface area contributed by atoms with Crippen molar-refractivity contribution < 1.29 is 4.79 Å². The summed E-state index contributed by atoms with van der Waals surface area (Å²) in [5, 5.41) is 6.02. The van der Waals surface area contributed by atoms with E-state index in [1.807, 2.05) is 55.5 Å². The molecule has 0 fully saturated rings. The average molecular weight is 358 g/mol. The molecule has 2 aromatic heterocycles. The van der Waals surface area contributed by atoms with Gasteiger partial charge in [-0.3, -0.25) is 4.79 Å². The number of aromatic nitrogens is 4. The summed E-state index contributed by atoms with van der Waals surface area (Å²) in [6.45, 7) is 1.82. The largest absolute Gasteiger partial charge is 0.345 e. The second-order valence-corrected chi connectivity index (χ2v) is 6.01. The number of hydrogen-bond acceptors (Lipinski definition) is 5. The molecule has 2 heterocycles. The molecule has 0 aliphatic rings. The van der Waals surface area contributed by atoms with E-state index in [2.05, 4.69) is 30.6 Å². The smallest absolute Gasteiger partial charge is 0.227 e. The van der Waals surface area contributed by atoms with Crippen molar-refractivity contribution in [3.8, 4) is 11.3 Å². The number of aromatic amines is 1. The van der Waals surface area contributed by atoms with Gasteiger partial charge in [-0.2, -0.15) is 0 Å². The predicted molar refractivity (Wildman–Crippen MR) is 106 cm³/mol. The predicted octanol–water partition coefficient (Wildman–Crippen LogP) is 4.11. The monoisotopic (exact) mass is 358 g/mol. The summed E-state index contributed by atoms with van der Waals surface area (Å²) in [4.78, 5) is 27.8. The van der Waals surface area contributed by atoms with Gasteiger partial charge in [-0.1, -0.05) is 19.1 Å². The van der Waals surface area contributed by atoms with Crippen LogP contribution in [0.5, 0.6) is 0 Å². The molecule has 0 aliphatic heterocycles. The highest BCUT2D eigenvalue weighted by Gasteiger charge is 2.06. The lowest BCUT2D eigenvalue weighted by Crippen LogP contribution is -2.09. The molecule has 27 heavy (non-hydrogen) atoms. The highest BCUT2D eigenvalue weighted by molar-refractivity contribution is 5.91. The minimum atomic E-state index is -0.0286. The molecule has 0 saturated carbocycles. The van der Waals surface area contributed by atoms with Gasteiger partial charge in [0.05, 0.1) is 23.1 Å². The standard InChI is InChI=1S/C20H18N6O/c1-2-19(27)24-14-4-3-5-15(11-14)25-20-21-9-8-16(26-20)13-6-7-17-18(10-13)23-12-22-17/h3-12H,2H2,1H3,(H,22,23)(H,24,27)(H,21,25,26). The molecule has 0 saturated heterocycles. The Balaban J connectivity index is 1.57. The lowest BCUT2D eigenvalue weighted by Gasteiger charge is -2.09. The number of nitrogens with zero attached hydrogens (tertiary/aromatic N) is 3. The number of amides is 1. The summed E-state index contributed by atoms with van der Waals surface area (Å²) in [6.07, 6.45) is 3.82. The number of rotatable bonds is 5.